The molecule has 0 heterocycles. The van der Waals surface area contributed by atoms with Gasteiger partial charge in [-0.2, -0.15) is 0 Å². The molecule has 0 fully saturated rings. The van der Waals surface area contributed by atoms with Crippen molar-refractivity contribution < 1.29 is 9.59 Å². The van der Waals surface area contributed by atoms with Crippen LogP contribution in [0.4, 0.5) is 0 Å². The summed E-state index contributed by atoms with van der Waals surface area (Å²) >= 11 is 0. The van der Waals surface area contributed by atoms with E-state index < -0.39 is 0 Å². The fourth-order valence-electron chi connectivity index (χ4n) is 1.92. The maximum atomic E-state index is 12.2. The van der Waals surface area contributed by atoms with Crippen molar-refractivity contribution in [1.29, 1.82) is 0 Å². The number of hydrogen-bond donors (Lipinski definition) is 1. The Hall–Kier alpha value is -2.46. The van der Waals surface area contributed by atoms with Crippen molar-refractivity contribution in [3.8, 4) is 0 Å². The molecule has 0 aliphatic heterocycles. The van der Waals surface area contributed by atoms with E-state index in [9.17, 15) is 9.59 Å². The van der Waals surface area contributed by atoms with Crippen LogP contribution >= 0.6 is 0 Å². The molecule has 21 heavy (non-hydrogen) atoms. The summed E-state index contributed by atoms with van der Waals surface area (Å²) in [5, 5.41) is 2.74. The number of hydrogen-bond acceptors (Lipinski definition) is 2. The summed E-state index contributed by atoms with van der Waals surface area (Å²) in [4.78, 5) is 24.0. The molecule has 0 saturated heterocycles. The van der Waals surface area contributed by atoms with E-state index in [1.807, 2.05) is 18.2 Å². The maximum absolute atomic E-state index is 12.2. The van der Waals surface area contributed by atoms with Crippen LogP contribution in [0.1, 0.15) is 32.7 Å². The molecule has 0 aliphatic rings. The molecule has 0 unspecified atom stereocenters. The molecule has 4 heteroatoms. The van der Waals surface area contributed by atoms with Gasteiger partial charge in [-0.1, -0.05) is 42.5 Å². The van der Waals surface area contributed by atoms with Gasteiger partial charge in [-0.3, -0.25) is 15.3 Å². The van der Waals surface area contributed by atoms with Crippen molar-refractivity contribution in [1.82, 2.24) is 11.1 Å². The fraction of sp³-hybridized carbons (Fsp3) is 0.176. The highest BCUT2D eigenvalue weighted by molar-refractivity contribution is 6.09. The van der Waals surface area contributed by atoms with Crippen LogP contribution in [0, 0.1) is 0 Å². The Morgan fingerprint density at radius 3 is 2.05 bits per heavy atom. The highest BCUT2D eigenvalue weighted by Crippen LogP contribution is 2.11. The molecule has 2 aromatic rings. The lowest BCUT2D eigenvalue weighted by molar-refractivity contribution is 0.0952. The molecular weight excluding hydrogens is 264 g/mol. The van der Waals surface area contributed by atoms with Crippen LogP contribution in [0.3, 0.4) is 0 Å². The van der Waals surface area contributed by atoms with Crippen molar-refractivity contribution >= 4 is 11.7 Å². The van der Waals surface area contributed by atoms with E-state index in [0.717, 1.165) is 0 Å². The minimum absolute atomic E-state index is 0.0586. The van der Waals surface area contributed by atoms with Crippen LogP contribution in [-0.4, -0.2) is 24.8 Å². The zero-order valence-electron chi connectivity index (χ0n) is 11.6. The Morgan fingerprint density at radius 2 is 1.43 bits per heavy atom. The first-order valence-electron chi connectivity index (χ1n) is 6.85. The van der Waals surface area contributed by atoms with Gasteiger partial charge in [0.1, 0.15) is 0 Å². The third-order valence-electron chi connectivity index (χ3n) is 3.08. The van der Waals surface area contributed by atoms with Crippen molar-refractivity contribution in [2.24, 2.45) is 0 Å². The summed E-state index contributed by atoms with van der Waals surface area (Å²) in [5.41, 5.74) is 8.73. The van der Waals surface area contributed by atoms with Gasteiger partial charge < -0.3 is 5.32 Å². The van der Waals surface area contributed by atoms with Gasteiger partial charge >= 0.3 is 0 Å². The third kappa shape index (κ3) is 4.00. The molecular formula is C17H17N2O2. The molecule has 0 aliphatic carbocycles. The molecule has 1 amide bonds. The lowest BCUT2D eigenvalue weighted by Crippen LogP contribution is -2.25. The number of rotatable bonds is 6. The monoisotopic (exact) mass is 281 g/mol. The predicted octanol–water partition coefficient (Wildman–Crippen LogP) is 2.32. The van der Waals surface area contributed by atoms with E-state index >= 15 is 0 Å². The first-order chi connectivity index (χ1) is 10.2. The van der Waals surface area contributed by atoms with Gasteiger partial charge in [0.15, 0.2) is 5.78 Å². The molecule has 0 atom stereocenters. The summed E-state index contributed by atoms with van der Waals surface area (Å²) in [7, 11) is 0. The fourth-order valence-corrected chi connectivity index (χ4v) is 1.92. The summed E-state index contributed by atoms with van der Waals surface area (Å²) in [6.07, 6.45) is 0.635. The number of ketones is 1. The molecule has 2 aromatic carbocycles. The molecule has 0 aromatic heterocycles. The smallest absolute Gasteiger partial charge is 0.251 e. The summed E-state index contributed by atoms with van der Waals surface area (Å²) in [5.74, 6) is -0.237. The lowest BCUT2D eigenvalue weighted by Gasteiger charge is -2.05. The van der Waals surface area contributed by atoms with Gasteiger partial charge in [0, 0.05) is 29.8 Å². The van der Waals surface area contributed by atoms with Crippen LogP contribution in [0.2, 0.25) is 0 Å². The van der Waals surface area contributed by atoms with Gasteiger partial charge in [0.05, 0.1) is 0 Å². The molecule has 0 saturated carbocycles. The van der Waals surface area contributed by atoms with Crippen LogP contribution in [0.5, 0.6) is 0 Å². The Morgan fingerprint density at radius 1 is 0.857 bits per heavy atom. The Kier molecular flexibility index (Phi) is 5.23. The maximum Gasteiger partial charge on any atom is 0.251 e. The van der Waals surface area contributed by atoms with Crippen LogP contribution in [0.15, 0.2) is 54.6 Å². The molecule has 2 rings (SSSR count). The molecule has 0 bridgehead atoms. The standard InChI is InChI=1S/C17H17N2O2/c18-11-4-12-19-17(21)15-9-7-14(8-10-15)16(20)13-5-2-1-3-6-13/h1-3,5-10,18H,4,11-12H2,(H,19,21). The van der Waals surface area contributed by atoms with E-state index in [4.69, 9.17) is 5.73 Å². The van der Waals surface area contributed by atoms with Crippen molar-refractivity contribution in [3.63, 3.8) is 0 Å². The van der Waals surface area contributed by atoms with Crippen LogP contribution < -0.4 is 11.1 Å². The molecule has 2 N–H and O–H groups in total. The van der Waals surface area contributed by atoms with Crippen molar-refractivity contribution in [3.05, 3.63) is 71.3 Å². The lowest BCUT2D eigenvalue weighted by atomic mass is 10.0. The highest BCUT2D eigenvalue weighted by Gasteiger charge is 2.10. The van der Waals surface area contributed by atoms with Crippen LogP contribution in [0.25, 0.3) is 0 Å². The third-order valence-corrected chi connectivity index (χ3v) is 3.08. The number of amides is 1. The zero-order valence-corrected chi connectivity index (χ0v) is 11.6. The Labute approximate surface area is 124 Å². The SMILES string of the molecule is [NH]CCCNC(=O)c1ccc(C(=O)c2ccccc2)cc1. The van der Waals surface area contributed by atoms with Gasteiger partial charge in [0.25, 0.3) is 5.91 Å². The average molecular weight is 281 g/mol. The van der Waals surface area contributed by atoms with E-state index in [1.165, 1.54) is 0 Å². The van der Waals surface area contributed by atoms with Gasteiger partial charge in [-0.25, -0.2) is 0 Å². The Balaban J connectivity index is 2.05. The van der Waals surface area contributed by atoms with Gasteiger partial charge in [-0.15, -0.1) is 0 Å². The quantitative estimate of drug-likeness (QED) is 0.652. The highest BCUT2D eigenvalue weighted by atomic mass is 16.1. The van der Waals surface area contributed by atoms with E-state index in [-0.39, 0.29) is 11.7 Å². The molecule has 0 spiro atoms. The average Bonchev–Trinajstić information content (AvgIpc) is 2.55. The van der Waals surface area contributed by atoms with E-state index in [0.29, 0.717) is 36.2 Å². The predicted molar refractivity (Wildman–Crippen MR) is 81.2 cm³/mol. The molecule has 107 valence electrons. The molecule has 4 nitrogen and oxygen atoms in total. The van der Waals surface area contributed by atoms with Gasteiger partial charge in [-0.05, 0) is 18.6 Å². The van der Waals surface area contributed by atoms with Crippen molar-refractivity contribution in [2.45, 2.75) is 6.42 Å². The first kappa shape index (κ1) is 14.9. The first-order valence-corrected chi connectivity index (χ1v) is 6.85. The number of carbonyl (C=O) groups is 2. The summed E-state index contributed by atoms with van der Waals surface area (Å²) < 4.78 is 0. The van der Waals surface area contributed by atoms with E-state index in [1.54, 1.807) is 36.4 Å². The Bertz CT molecular complexity index is 606. The number of nitrogens with one attached hydrogen (secondary N) is 2. The summed E-state index contributed by atoms with van der Waals surface area (Å²) in [6, 6.07) is 15.7. The van der Waals surface area contributed by atoms with Gasteiger partial charge in [0.2, 0.25) is 0 Å². The second-order valence-corrected chi connectivity index (χ2v) is 4.63. The second kappa shape index (κ2) is 7.36. The van der Waals surface area contributed by atoms with Crippen LogP contribution in [-0.2, 0) is 0 Å². The topological polar surface area (TPSA) is 70.0 Å². The van der Waals surface area contributed by atoms with E-state index in [2.05, 4.69) is 5.32 Å². The number of benzene rings is 2. The molecule has 1 radical (unpaired) electrons. The zero-order chi connectivity index (χ0) is 15.1. The normalized spacial score (nSPS) is 10.1. The minimum Gasteiger partial charge on any atom is -0.352 e. The largest absolute Gasteiger partial charge is 0.352 e. The minimum atomic E-state index is -0.179. The second-order valence-electron chi connectivity index (χ2n) is 4.63. The number of carbonyl (C=O) groups excluding carboxylic acids is 2. The summed E-state index contributed by atoms with van der Waals surface area (Å²) in [6.45, 7) is 0.790. The van der Waals surface area contributed by atoms with Crippen molar-refractivity contribution in [2.75, 3.05) is 13.1 Å².